The number of hydrogen-bond donors (Lipinski definition) is 7. The van der Waals surface area contributed by atoms with Gasteiger partial charge in [-0.3, -0.25) is 29.0 Å². The van der Waals surface area contributed by atoms with E-state index in [0.29, 0.717) is 28.5 Å². The fourth-order valence-electron chi connectivity index (χ4n) is 5.46. The standard InChI is InChI=1S/C33H37ClN12O5/c1-18(34)28(47)42-19-8-23(38-13-19)29(48)43(2)20-9-24(39-14-20)30(49)44(3)21-10-25(40-15-21)31(50)45(4)22-11-26(41-16-22)32(51)46(5)33(17-36)6-7-37-27(33)12-35/h6-11,13-16,38-41H,1,12,17,35-36H2,2-5H3,(H,42,47). The molecule has 18 heteroatoms. The van der Waals surface area contributed by atoms with Gasteiger partial charge in [0.15, 0.2) is 0 Å². The quantitative estimate of drug-likeness (QED) is 0.108. The van der Waals surface area contributed by atoms with E-state index < -0.39 is 29.2 Å². The van der Waals surface area contributed by atoms with E-state index in [1.54, 1.807) is 32.4 Å². The first-order chi connectivity index (χ1) is 24.2. The number of anilines is 4. The van der Waals surface area contributed by atoms with Gasteiger partial charge in [-0.25, -0.2) is 0 Å². The number of halogens is 1. The molecule has 0 aliphatic carbocycles. The monoisotopic (exact) mass is 716 g/mol. The van der Waals surface area contributed by atoms with Crippen LogP contribution in [0, 0.1) is 0 Å². The molecule has 4 aromatic rings. The van der Waals surface area contributed by atoms with Crippen LogP contribution in [0.25, 0.3) is 0 Å². The van der Waals surface area contributed by atoms with Crippen LogP contribution in [0.1, 0.15) is 42.0 Å². The zero-order valence-electron chi connectivity index (χ0n) is 28.2. The summed E-state index contributed by atoms with van der Waals surface area (Å²) in [5, 5.41) is 2.30. The Kier molecular flexibility index (Phi) is 10.2. The van der Waals surface area contributed by atoms with Crippen LogP contribution in [0.3, 0.4) is 0 Å². The van der Waals surface area contributed by atoms with Crippen molar-refractivity contribution in [3.8, 4) is 0 Å². The van der Waals surface area contributed by atoms with Crippen molar-refractivity contribution >= 4 is 69.6 Å². The summed E-state index contributed by atoms with van der Waals surface area (Å²) >= 11 is 5.60. The Morgan fingerprint density at radius 2 is 1.18 bits per heavy atom. The lowest BCUT2D eigenvalue weighted by molar-refractivity contribution is -0.112. The Bertz CT molecular complexity index is 2090. The maximum Gasteiger partial charge on any atom is 0.274 e. The summed E-state index contributed by atoms with van der Waals surface area (Å²) in [5.41, 5.74) is 13.8. The number of aromatic nitrogens is 4. The number of nitrogens with two attached hydrogens (primary N) is 2. The number of nitrogens with one attached hydrogen (secondary N) is 5. The molecular weight excluding hydrogens is 680 g/mol. The minimum absolute atomic E-state index is 0.0902. The van der Waals surface area contributed by atoms with Crippen LogP contribution in [-0.4, -0.2) is 107 Å². The zero-order valence-corrected chi connectivity index (χ0v) is 29.0. The van der Waals surface area contributed by atoms with Crippen molar-refractivity contribution in [3.63, 3.8) is 0 Å². The van der Waals surface area contributed by atoms with Crippen molar-refractivity contribution in [2.45, 2.75) is 5.54 Å². The SMILES string of the molecule is C=C(Cl)C(=O)Nc1c[nH]c(C(=O)N(C)c2c[nH]c(C(=O)N(C)c3c[nH]c(C(=O)N(C)c4c[nH]c(C(=O)N(C)C5(CN)C=CN=C5CN)c4)c3)c2)c1. The summed E-state index contributed by atoms with van der Waals surface area (Å²) in [5.74, 6) is -2.27. The van der Waals surface area contributed by atoms with Crippen LogP contribution in [0.5, 0.6) is 0 Å². The average Bonchev–Trinajstić information content (AvgIpc) is 3.98. The number of nitrogens with zero attached hydrogens (tertiary/aromatic N) is 5. The first-order valence-electron chi connectivity index (χ1n) is 15.4. The van der Waals surface area contributed by atoms with Crippen LogP contribution in [-0.2, 0) is 4.79 Å². The number of aliphatic imine (C=N–C) groups is 1. The number of carbonyl (C=O) groups is 5. The normalized spacial score (nSPS) is 14.9. The van der Waals surface area contributed by atoms with Crippen LogP contribution in [0.2, 0.25) is 0 Å². The molecule has 0 saturated carbocycles. The number of aromatic amines is 4. The van der Waals surface area contributed by atoms with E-state index in [-0.39, 0.29) is 46.8 Å². The Balaban J connectivity index is 1.22. The minimum Gasteiger partial charge on any atom is -0.355 e. The Hall–Kier alpha value is -6.17. The van der Waals surface area contributed by atoms with Gasteiger partial charge < -0.3 is 56.3 Å². The van der Waals surface area contributed by atoms with Gasteiger partial charge in [0.25, 0.3) is 29.5 Å². The minimum atomic E-state index is -0.951. The number of likely N-dealkylation sites (N-methyl/N-ethyl adjacent to an activating group) is 1. The van der Waals surface area contributed by atoms with Gasteiger partial charge in [0.1, 0.15) is 28.3 Å². The Labute approximate surface area is 297 Å². The van der Waals surface area contributed by atoms with Gasteiger partial charge >= 0.3 is 0 Å². The number of amides is 5. The Morgan fingerprint density at radius 1 is 0.745 bits per heavy atom. The lowest BCUT2D eigenvalue weighted by Crippen LogP contribution is -2.59. The highest BCUT2D eigenvalue weighted by Crippen LogP contribution is 2.27. The number of hydrogen-bond acceptors (Lipinski definition) is 8. The summed E-state index contributed by atoms with van der Waals surface area (Å²) in [6, 6.07) is 6.03. The first kappa shape index (κ1) is 36.1. The highest BCUT2D eigenvalue weighted by atomic mass is 35.5. The van der Waals surface area contributed by atoms with E-state index in [1.165, 1.54) is 76.7 Å². The van der Waals surface area contributed by atoms with Crippen LogP contribution >= 0.6 is 11.6 Å². The molecule has 1 aliphatic rings. The highest BCUT2D eigenvalue weighted by Gasteiger charge is 2.41. The maximum atomic E-state index is 13.4. The topological polar surface area (TPSA) is 238 Å². The molecule has 0 radical (unpaired) electrons. The lowest BCUT2D eigenvalue weighted by atomic mass is 9.92. The van der Waals surface area contributed by atoms with Gasteiger partial charge in [-0.2, -0.15) is 0 Å². The molecule has 1 aliphatic heterocycles. The van der Waals surface area contributed by atoms with Gasteiger partial charge in [0.2, 0.25) is 0 Å². The molecule has 5 heterocycles. The van der Waals surface area contributed by atoms with Crippen molar-refractivity contribution in [1.82, 2.24) is 24.8 Å². The van der Waals surface area contributed by atoms with Crippen molar-refractivity contribution in [1.29, 1.82) is 0 Å². The molecule has 51 heavy (non-hydrogen) atoms. The molecule has 9 N–H and O–H groups in total. The van der Waals surface area contributed by atoms with E-state index in [9.17, 15) is 24.0 Å². The van der Waals surface area contributed by atoms with Gasteiger partial charge in [0.05, 0.1) is 33.5 Å². The molecule has 1 atom stereocenters. The smallest absolute Gasteiger partial charge is 0.274 e. The van der Waals surface area contributed by atoms with Gasteiger partial charge in [0, 0.05) is 72.3 Å². The second kappa shape index (κ2) is 14.4. The molecule has 5 amide bonds. The van der Waals surface area contributed by atoms with E-state index in [1.807, 2.05) is 0 Å². The maximum absolute atomic E-state index is 13.4. The largest absolute Gasteiger partial charge is 0.355 e. The van der Waals surface area contributed by atoms with Crippen molar-refractivity contribution in [3.05, 3.63) is 95.7 Å². The van der Waals surface area contributed by atoms with Crippen LogP contribution < -0.4 is 31.5 Å². The second-order valence-corrected chi connectivity index (χ2v) is 12.1. The summed E-state index contributed by atoms with van der Waals surface area (Å²) in [6.45, 7) is 3.58. The average molecular weight is 717 g/mol. The van der Waals surface area contributed by atoms with Gasteiger partial charge in [-0.15, -0.1) is 0 Å². The predicted molar refractivity (Wildman–Crippen MR) is 195 cm³/mol. The van der Waals surface area contributed by atoms with Crippen molar-refractivity contribution in [2.75, 3.05) is 61.3 Å². The molecule has 0 fully saturated rings. The Morgan fingerprint density at radius 3 is 1.61 bits per heavy atom. The molecule has 1 unspecified atom stereocenters. The first-order valence-corrected chi connectivity index (χ1v) is 15.8. The van der Waals surface area contributed by atoms with Crippen molar-refractivity contribution < 1.29 is 24.0 Å². The van der Waals surface area contributed by atoms with Crippen LogP contribution in [0.15, 0.2) is 77.9 Å². The van der Waals surface area contributed by atoms with E-state index in [0.717, 1.165) is 0 Å². The fraction of sp³-hybridized carbons (Fsp3) is 0.212. The summed E-state index contributed by atoms with van der Waals surface area (Å²) in [4.78, 5) is 86.3. The number of H-pyrrole nitrogens is 4. The summed E-state index contributed by atoms with van der Waals surface area (Å²) < 4.78 is 0. The third-order valence-electron chi connectivity index (χ3n) is 8.68. The third kappa shape index (κ3) is 6.85. The molecule has 0 aromatic carbocycles. The molecule has 0 spiro atoms. The highest BCUT2D eigenvalue weighted by molar-refractivity contribution is 6.43. The molecule has 266 valence electrons. The van der Waals surface area contributed by atoms with Gasteiger partial charge in [-0.05, 0) is 30.3 Å². The molecular formula is C33H37ClN12O5. The van der Waals surface area contributed by atoms with E-state index in [2.05, 4.69) is 36.8 Å². The lowest BCUT2D eigenvalue weighted by Gasteiger charge is -2.37. The van der Waals surface area contributed by atoms with Crippen molar-refractivity contribution in [2.24, 2.45) is 16.5 Å². The van der Waals surface area contributed by atoms with E-state index >= 15 is 0 Å². The molecule has 0 saturated heterocycles. The molecule has 5 rings (SSSR count). The number of rotatable bonds is 12. The predicted octanol–water partition coefficient (Wildman–Crippen LogP) is 2.22. The molecule has 17 nitrogen and oxygen atoms in total. The summed E-state index contributed by atoms with van der Waals surface area (Å²) in [7, 11) is 6.23. The van der Waals surface area contributed by atoms with E-state index in [4.69, 9.17) is 23.1 Å². The molecule has 4 aromatic heterocycles. The van der Waals surface area contributed by atoms with Gasteiger partial charge in [-0.1, -0.05) is 18.2 Å². The summed E-state index contributed by atoms with van der Waals surface area (Å²) in [6.07, 6.45) is 9.29. The fourth-order valence-corrected chi connectivity index (χ4v) is 5.51. The number of carbonyl (C=O) groups excluding carboxylic acids is 5. The zero-order chi connectivity index (χ0) is 37.2. The second-order valence-electron chi connectivity index (χ2n) is 11.7. The van der Waals surface area contributed by atoms with Crippen LogP contribution in [0.4, 0.5) is 22.7 Å². The third-order valence-corrected chi connectivity index (χ3v) is 8.85. The molecule has 0 bridgehead atoms.